The highest BCUT2D eigenvalue weighted by Crippen LogP contribution is 2.33. The first-order valence-corrected chi connectivity index (χ1v) is 10.6. The minimum Gasteiger partial charge on any atom is -0.508 e. The van der Waals surface area contributed by atoms with Crippen LogP contribution in [0.3, 0.4) is 0 Å². The van der Waals surface area contributed by atoms with Crippen LogP contribution in [-0.4, -0.2) is 10.1 Å². The average Bonchev–Trinajstić information content (AvgIpc) is 3.40. The van der Waals surface area contributed by atoms with Gasteiger partial charge in [0.2, 0.25) is 0 Å². The summed E-state index contributed by atoms with van der Waals surface area (Å²) in [5, 5.41) is 14.3. The van der Waals surface area contributed by atoms with Gasteiger partial charge in [0, 0.05) is 12.4 Å². The molecule has 2 heteroatoms. The Bertz CT molecular complexity index is 1180. The SMILES string of the molecule is Oc1ccccc1.c1cc[nH]c1.c1ccc2c(c1)ccc1c3c(ccc12)CCCC3. The Morgan fingerprint density at radius 1 is 0.567 bits per heavy atom. The van der Waals surface area contributed by atoms with E-state index in [2.05, 4.69) is 53.5 Å². The zero-order valence-electron chi connectivity index (χ0n) is 17.1. The van der Waals surface area contributed by atoms with Crippen LogP contribution in [-0.2, 0) is 12.8 Å². The van der Waals surface area contributed by atoms with Gasteiger partial charge in [-0.05, 0) is 82.6 Å². The highest BCUT2D eigenvalue weighted by molar-refractivity contribution is 6.08. The van der Waals surface area contributed by atoms with Crippen molar-refractivity contribution in [1.29, 1.82) is 0 Å². The number of aromatic hydroxyl groups is 1. The molecular weight excluding hydrogens is 366 g/mol. The molecule has 0 atom stereocenters. The zero-order chi connectivity index (χ0) is 20.6. The van der Waals surface area contributed by atoms with Gasteiger partial charge in [0.25, 0.3) is 0 Å². The molecule has 2 nitrogen and oxygen atoms in total. The smallest absolute Gasteiger partial charge is 0.115 e. The van der Waals surface area contributed by atoms with Crippen molar-refractivity contribution in [1.82, 2.24) is 4.98 Å². The van der Waals surface area contributed by atoms with Crippen LogP contribution >= 0.6 is 0 Å². The van der Waals surface area contributed by atoms with Gasteiger partial charge in [0.05, 0.1) is 0 Å². The summed E-state index contributed by atoms with van der Waals surface area (Å²) in [4.78, 5) is 2.86. The molecule has 2 N–H and O–H groups in total. The summed E-state index contributed by atoms with van der Waals surface area (Å²) in [5.41, 5.74) is 3.17. The van der Waals surface area contributed by atoms with Gasteiger partial charge in [-0.2, -0.15) is 0 Å². The van der Waals surface area contributed by atoms with Gasteiger partial charge in [0.1, 0.15) is 5.75 Å². The zero-order valence-corrected chi connectivity index (χ0v) is 17.1. The number of aromatic nitrogens is 1. The molecule has 1 aliphatic rings. The molecular formula is C28H27NO. The lowest BCUT2D eigenvalue weighted by molar-refractivity contribution is 0.475. The second kappa shape index (κ2) is 9.80. The van der Waals surface area contributed by atoms with E-state index in [4.69, 9.17) is 5.11 Å². The van der Waals surface area contributed by atoms with Crippen molar-refractivity contribution in [2.24, 2.45) is 0 Å². The molecule has 30 heavy (non-hydrogen) atoms. The van der Waals surface area contributed by atoms with E-state index in [9.17, 15) is 0 Å². The minimum atomic E-state index is 0.322. The number of benzene rings is 4. The first-order valence-electron chi connectivity index (χ1n) is 10.6. The number of phenolic OH excluding ortho intramolecular Hbond substituents is 1. The fourth-order valence-corrected chi connectivity index (χ4v) is 4.05. The Hall–Kier alpha value is -3.52. The number of aryl methyl sites for hydroxylation is 2. The van der Waals surface area contributed by atoms with Crippen molar-refractivity contribution in [2.75, 3.05) is 0 Å². The predicted octanol–water partition coefficient (Wildman–Crippen LogP) is 7.28. The number of nitrogens with one attached hydrogen (secondary N) is 1. The summed E-state index contributed by atoms with van der Waals surface area (Å²) in [6.07, 6.45) is 8.97. The Balaban J connectivity index is 0.000000149. The van der Waals surface area contributed by atoms with Gasteiger partial charge in [-0.25, -0.2) is 0 Å². The highest BCUT2D eigenvalue weighted by Gasteiger charge is 2.13. The van der Waals surface area contributed by atoms with E-state index in [1.807, 2.05) is 30.6 Å². The Kier molecular flexibility index (Phi) is 6.46. The lowest BCUT2D eigenvalue weighted by Gasteiger charge is -2.18. The number of H-pyrrole nitrogens is 1. The van der Waals surface area contributed by atoms with Crippen LogP contribution in [0.4, 0.5) is 0 Å². The number of phenols is 1. The Labute approximate surface area is 177 Å². The van der Waals surface area contributed by atoms with Gasteiger partial charge < -0.3 is 10.1 Å². The fraction of sp³-hybridized carbons (Fsp3) is 0.143. The van der Waals surface area contributed by atoms with Gasteiger partial charge in [-0.1, -0.05) is 66.7 Å². The fourth-order valence-electron chi connectivity index (χ4n) is 4.05. The van der Waals surface area contributed by atoms with E-state index in [0.717, 1.165) is 0 Å². The molecule has 0 bridgehead atoms. The normalized spacial score (nSPS) is 12.3. The molecule has 0 amide bonds. The molecule has 0 spiro atoms. The monoisotopic (exact) mass is 393 g/mol. The second-order valence-electron chi connectivity index (χ2n) is 7.51. The molecule has 5 aromatic rings. The van der Waals surface area contributed by atoms with Gasteiger partial charge >= 0.3 is 0 Å². The largest absolute Gasteiger partial charge is 0.508 e. The number of hydrogen-bond donors (Lipinski definition) is 2. The van der Waals surface area contributed by atoms with Crippen LogP contribution in [0, 0.1) is 0 Å². The molecule has 0 aliphatic heterocycles. The van der Waals surface area contributed by atoms with Crippen LogP contribution in [0.25, 0.3) is 21.5 Å². The molecule has 6 rings (SSSR count). The lowest BCUT2D eigenvalue weighted by Crippen LogP contribution is -2.02. The third kappa shape index (κ3) is 4.72. The van der Waals surface area contributed by atoms with Crippen LogP contribution < -0.4 is 0 Å². The van der Waals surface area contributed by atoms with Crippen molar-refractivity contribution in [2.45, 2.75) is 25.7 Å². The number of rotatable bonds is 0. The maximum absolute atomic E-state index is 8.63. The topological polar surface area (TPSA) is 36.0 Å². The van der Waals surface area contributed by atoms with Crippen molar-refractivity contribution in [3.63, 3.8) is 0 Å². The van der Waals surface area contributed by atoms with Crippen molar-refractivity contribution in [3.05, 3.63) is 115 Å². The number of para-hydroxylation sites is 1. The molecule has 150 valence electrons. The third-order valence-corrected chi connectivity index (χ3v) is 5.51. The summed E-state index contributed by atoms with van der Waals surface area (Å²) < 4.78 is 0. The van der Waals surface area contributed by atoms with E-state index >= 15 is 0 Å². The highest BCUT2D eigenvalue weighted by atomic mass is 16.3. The van der Waals surface area contributed by atoms with Crippen LogP contribution in [0.2, 0.25) is 0 Å². The second-order valence-corrected chi connectivity index (χ2v) is 7.51. The molecule has 0 fully saturated rings. The summed E-state index contributed by atoms with van der Waals surface area (Å²) in [5.74, 6) is 0.322. The number of fused-ring (bicyclic) bond motifs is 5. The maximum atomic E-state index is 8.63. The summed E-state index contributed by atoms with van der Waals surface area (Å²) in [6.45, 7) is 0. The molecule has 4 aromatic carbocycles. The van der Waals surface area contributed by atoms with Gasteiger partial charge in [-0.15, -0.1) is 0 Å². The van der Waals surface area contributed by atoms with E-state index in [1.54, 1.807) is 35.4 Å². The average molecular weight is 394 g/mol. The molecule has 0 unspecified atom stereocenters. The number of aromatic amines is 1. The quantitative estimate of drug-likeness (QED) is 0.266. The Morgan fingerprint density at radius 2 is 1.27 bits per heavy atom. The van der Waals surface area contributed by atoms with Gasteiger partial charge in [0.15, 0.2) is 0 Å². The van der Waals surface area contributed by atoms with E-state index in [0.29, 0.717) is 5.75 Å². The predicted molar refractivity (Wildman–Crippen MR) is 127 cm³/mol. The van der Waals surface area contributed by atoms with Crippen molar-refractivity contribution < 1.29 is 5.11 Å². The Morgan fingerprint density at radius 3 is 1.97 bits per heavy atom. The first-order chi connectivity index (χ1) is 14.8. The van der Waals surface area contributed by atoms with E-state index < -0.39 is 0 Å². The van der Waals surface area contributed by atoms with Crippen molar-refractivity contribution >= 4 is 21.5 Å². The molecule has 0 radical (unpaired) electrons. The summed E-state index contributed by atoms with van der Waals surface area (Å²) in [6, 6.07) is 30.6. The van der Waals surface area contributed by atoms with E-state index in [1.165, 1.54) is 47.2 Å². The first kappa shape index (κ1) is 19.8. The molecule has 1 aromatic heterocycles. The van der Waals surface area contributed by atoms with Crippen LogP contribution in [0.15, 0.2) is 103 Å². The molecule has 0 saturated heterocycles. The van der Waals surface area contributed by atoms with E-state index in [-0.39, 0.29) is 0 Å². The van der Waals surface area contributed by atoms with Crippen molar-refractivity contribution in [3.8, 4) is 5.75 Å². The van der Waals surface area contributed by atoms with Gasteiger partial charge in [-0.3, -0.25) is 0 Å². The summed E-state index contributed by atoms with van der Waals surface area (Å²) in [7, 11) is 0. The molecule has 1 heterocycles. The molecule has 0 saturated carbocycles. The number of hydrogen-bond acceptors (Lipinski definition) is 1. The van der Waals surface area contributed by atoms with Crippen LogP contribution in [0.1, 0.15) is 24.0 Å². The third-order valence-electron chi connectivity index (χ3n) is 5.51. The lowest BCUT2D eigenvalue weighted by atomic mass is 9.86. The van der Waals surface area contributed by atoms with Crippen LogP contribution in [0.5, 0.6) is 5.75 Å². The maximum Gasteiger partial charge on any atom is 0.115 e. The summed E-state index contributed by atoms with van der Waals surface area (Å²) >= 11 is 0. The minimum absolute atomic E-state index is 0.322. The molecule has 1 aliphatic carbocycles. The standard InChI is InChI=1S/C18H16.C6H6O.C4H5N/c1-3-7-15-13(5-1)9-11-18-16-8-4-2-6-14(16)10-12-17(15)18;7-6-4-2-1-3-5-6;1-2-4-5-3-1/h1,3,5,7,9-12H,2,4,6,8H2;1-5,7H;1-5H.